The maximum Gasteiger partial charge on any atom is 0.296 e. The van der Waals surface area contributed by atoms with E-state index < -0.39 is 72.3 Å². The summed E-state index contributed by atoms with van der Waals surface area (Å²) < 4.78 is 132. The first-order chi connectivity index (χ1) is 22.1. The molecular formula is C26H19N5O13S4. The van der Waals surface area contributed by atoms with Crippen molar-refractivity contribution in [3.63, 3.8) is 0 Å². The third-order valence-electron chi connectivity index (χ3n) is 6.64. The van der Waals surface area contributed by atoms with Crippen molar-refractivity contribution in [1.29, 1.82) is 0 Å². The summed E-state index contributed by atoms with van der Waals surface area (Å²) in [4.78, 5) is -2.81. The van der Waals surface area contributed by atoms with Crippen LogP contribution in [-0.2, 0) is 40.5 Å². The van der Waals surface area contributed by atoms with Crippen LogP contribution in [0.15, 0.2) is 113 Å². The van der Waals surface area contributed by atoms with Crippen LogP contribution in [0, 0.1) is 0 Å². The van der Waals surface area contributed by atoms with Crippen molar-refractivity contribution in [3.05, 3.63) is 72.8 Å². The van der Waals surface area contributed by atoms with Crippen LogP contribution < -0.4 is 5.73 Å². The van der Waals surface area contributed by atoms with E-state index >= 15 is 0 Å². The maximum absolute atomic E-state index is 12.3. The Bertz CT molecular complexity index is 2680. The molecule has 0 saturated heterocycles. The fraction of sp³-hybridized carbons (Fsp3) is 0. The highest BCUT2D eigenvalue weighted by atomic mass is 32.2. The van der Waals surface area contributed by atoms with E-state index in [2.05, 4.69) is 20.5 Å². The van der Waals surface area contributed by atoms with Crippen LogP contribution in [0.5, 0.6) is 5.75 Å². The van der Waals surface area contributed by atoms with Crippen molar-refractivity contribution < 1.29 is 57.0 Å². The van der Waals surface area contributed by atoms with Crippen LogP contribution in [0.2, 0.25) is 0 Å². The molecule has 0 aliphatic rings. The lowest BCUT2D eigenvalue weighted by molar-refractivity contribution is 0.472. The number of benzene rings is 5. The van der Waals surface area contributed by atoms with Crippen LogP contribution in [0.3, 0.4) is 0 Å². The van der Waals surface area contributed by atoms with Gasteiger partial charge < -0.3 is 10.8 Å². The number of azo groups is 2. The highest BCUT2D eigenvalue weighted by Gasteiger charge is 2.25. The second-order valence-corrected chi connectivity index (χ2v) is 15.4. The van der Waals surface area contributed by atoms with Gasteiger partial charge in [0.1, 0.15) is 15.5 Å². The number of hydrogen-bond donors (Lipinski definition) is 6. The number of fused-ring (bicyclic) bond motifs is 2. The molecule has 22 heteroatoms. The summed E-state index contributed by atoms with van der Waals surface area (Å²) >= 11 is 0. The third-order valence-corrected chi connectivity index (χ3v) is 10.1. The molecule has 0 aliphatic heterocycles. The SMILES string of the molecule is Nc1cc2c(O)c(/N=N/c3ccc(/N=N/c4ccc(S(=O)(=O)O)cc4)c4ccc(S(=O)(=O)O)cc34)c(S(=O)(=O)O)cc2cc1S(=O)(=O)O. The van der Waals surface area contributed by atoms with Gasteiger partial charge in [-0.3, -0.25) is 18.2 Å². The number of anilines is 1. The van der Waals surface area contributed by atoms with Crippen LogP contribution in [0.25, 0.3) is 21.5 Å². The molecule has 0 heterocycles. The van der Waals surface area contributed by atoms with E-state index in [0.29, 0.717) is 0 Å². The molecule has 0 aromatic heterocycles. The van der Waals surface area contributed by atoms with Crippen LogP contribution in [0.4, 0.5) is 28.4 Å². The van der Waals surface area contributed by atoms with Gasteiger partial charge in [-0.25, -0.2) is 0 Å². The monoisotopic (exact) mass is 737 g/mol. The zero-order valence-corrected chi connectivity index (χ0v) is 26.7. The predicted molar refractivity (Wildman–Crippen MR) is 168 cm³/mol. The Labute approximate surface area is 270 Å². The summed E-state index contributed by atoms with van der Waals surface area (Å²) in [7, 11) is -19.3. The van der Waals surface area contributed by atoms with Gasteiger partial charge >= 0.3 is 0 Å². The summed E-state index contributed by atoms with van der Waals surface area (Å²) in [6.07, 6.45) is 0. The van der Waals surface area contributed by atoms with Gasteiger partial charge in [-0.2, -0.15) is 38.8 Å². The van der Waals surface area contributed by atoms with E-state index in [4.69, 9.17) is 10.3 Å². The fourth-order valence-electron chi connectivity index (χ4n) is 4.44. The van der Waals surface area contributed by atoms with Crippen molar-refractivity contribution in [2.24, 2.45) is 20.5 Å². The summed E-state index contributed by atoms with van der Waals surface area (Å²) in [5.41, 5.74) is 4.43. The van der Waals surface area contributed by atoms with Crippen LogP contribution >= 0.6 is 0 Å². The largest absolute Gasteiger partial charge is 0.505 e. The molecule has 5 rings (SSSR count). The number of aromatic hydroxyl groups is 1. The Balaban J connectivity index is 1.68. The highest BCUT2D eigenvalue weighted by Crippen LogP contribution is 2.44. The van der Waals surface area contributed by atoms with E-state index in [-0.39, 0.29) is 43.5 Å². The van der Waals surface area contributed by atoms with Crippen molar-refractivity contribution in [2.45, 2.75) is 19.6 Å². The van der Waals surface area contributed by atoms with Gasteiger partial charge in [-0.05, 0) is 72.1 Å². The van der Waals surface area contributed by atoms with Crippen molar-refractivity contribution >= 4 is 90.5 Å². The molecule has 0 bridgehead atoms. The smallest absolute Gasteiger partial charge is 0.296 e. The highest BCUT2D eigenvalue weighted by molar-refractivity contribution is 7.86. The molecule has 18 nitrogen and oxygen atoms in total. The fourth-order valence-corrected chi connectivity index (χ4v) is 6.72. The average molecular weight is 738 g/mol. The number of nitrogens with zero attached hydrogens (tertiary/aromatic N) is 4. The van der Waals surface area contributed by atoms with Gasteiger partial charge in [0, 0.05) is 16.2 Å². The Kier molecular flexibility index (Phi) is 8.56. The number of phenolic OH excluding ortho intramolecular Hbond substituents is 1. The van der Waals surface area contributed by atoms with Gasteiger partial charge in [0.05, 0.1) is 32.5 Å². The first-order valence-corrected chi connectivity index (χ1v) is 18.4. The average Bonchev–Trinajstić information content (AvgIpc) is 2.97. The first kappa shape index (κ1) is 34.4. The lowest BCUT2D eigenvalue weighted by Gasteiger charge is -2.11. The van der Waals surface area contributed by atoms with E-state index in [0.717, 1.165) is 42.5 Å². The third kappa shape index (κ3) is 6.99. The zero-order chi connectivity index (χ0) is 35.4. The van der Waals surface area contributed by atoms with Gasteiger partial charge in [-0.1, -0.05) is 6.07 Å². The molecule has 5 aromatic carbocycles. The minimum Gasteiger partial charge on any atom is -0.505 e. The van der Waals surface area contributed by atoms with E-state index in [1.165, 1.54) is 30.3 Å². The second kappa shape index (κ2) is 11.9. The van der Waals surface area contributed by atoms with Gasteiger partial charge in [0.2, 0.25) is 0 Å². The molecule has 0 unspecified atom stereocenters. The molecule has 7 N–H and O–H groups in total. The summed E-state index contributed by atoms with van der Waals surface area (Å²) in [5.74, 6) is -0.925. The van der Waals surface area contributed by atoms with Crippen LogP contribution in [0.1, 0.15) is 0 Å². The number of phenols is 1. The summed E-state index contributed by atoms with van der Waals surface area (Å²) in [6, 6.07) is 12.9. The molecule has 0 radical (unpaired) electrons. The van der Waals surface area contributed by atoms with Gasteiger partial charge in [0.15, 0.2) is 5.75 Å². The maximum atomic E-state index is 12.3. The molecule has 0 fully saturated rings. The second-order valence-electron chi connectivity index (χ2n) is 9.79. The molecule has 0 aliphatic carbocycles. The molecule has 48 heavy (non-hydrogen) atoms. The topological polar surface area (TPSA) is 313 Å². The molecule has 0 atom stereocenters. The van der Waals surface area contributed by atoms with E-state index in [1.807, 2.05) is 0 Å². The number of nitrogen functional groups attached to an aromatic ring is 1. The minimum atomic E-state index is -5.17. The van der Waals surface area contributed by atoms with E-state index in [9.17, 15) is 52.4 Å². The molecule has 0 amide bonds. The van der Waals surface area contributed by atoms with Crippen molar-refractivity contribution in [2.75, 3.05) is 5.73 Å². The lowest BCUT2D eigenvalue weighted by atomic mass is 10.1. The standard InChI is InChI=1S/C26H19N5O13S4/c27-20-12-18-13(9-23(20)47(39,40)41)10-24(48(42,43)44)25(26(18)32)31-30-22-8-7-21(17-6-5-16(11-19(17)22)46(36,37)38)29-28-14-1-3-15(4-2-14)45(33,34)35/h1-12,32H,27H2,(H,33,34,35)(H,36,37,38)(H,39,40,41)(H,42,43,44)/b29-28+,31-30+. The quantitative estimate of drug-likeness (QED) is 0.0686. The molecular weight excluding hydrogens is 719 g/mol. The van der Waals surface area contributed by atoms with Gasteiger partial charge in [0.25, 0.3) is 40.5 Å². The van der Waals surface area contributed by atoms with E-state index in [1.54, 1.807) is 0 Å². The Morgan fingerprint density at radius 1 is 0.500 bits per heavy atom. The molecule has 0 saturated carbocycles. The Morgan fingerprint density at radius 3 is 1.58 bits per heavy atom. The normalized spacial score (nSPS) is 13.2. The molecule has 5 aromatic rings. The Morgan fingerprint density at radius 2 is 1.02 bits per heavy atom. The minimum absolute atomic E-state index is 0.0391. The molecule has 0 spiro atoms. The predicted octanol–water partition coefficient (Wildman–Crippen LogP) is 5.10. The van der Waals surface area contributed by atoms with Gasteiger partial charge in [-0.15, -0.1) is 15.3 Å². The number of hydrogen-bond acceptors (Lipinski definition) is 14. The first-order valence-electron chi connectivity index (χ1n) is 12.6. The Hall–Kier alpha value is -4.94. The zero-order valence-electron chi connectivity index (χ0n) is 23.4. The summed E-state index contributed by atoms with van der Waals surface area (Å²) in [6.45, 7) is 0. The number of nitrogens with two attached hydrogens (primary N) is 1. The van der Waals surface area contributed by atoms with Crippen LogP contribution in [-0.4, -0.2) is 57.0 Å². The lowest BCUT2D eigenvalue weighted by Crippen LogP contribution is -2.04. The van der Waals surface area contributed by atoms with Crippen molar-refractivity contribution in [1.82, 2.24) is 0 Å². The molecule has 250 valence electrons. The summed E-state index contributed by atoms with van der Waals surface area (Å²) in [5, 5.41) is 26.3. The number of rotatable bonds is 8. The van der Waals surface area contributed by atoms with Crippen molar-refractivity contribution in [3.8, 4) is 5.75 Å².